The molecule has 1 saturated heterocycles. The van der Waals surface area contributed by atoms with Crippen molar-refractivity contribution in [2.45, 2.75) is 70.0 Å². The first-order valence-corrected chi connectivity index (χ1v) is 14.2. The van der Waals surface area contributed by atoms with Gasteiger partial charge in [-0.1, -0.05) is 68.5 Å². The van der Waals surface area contributed by atoms with Crippen LogP contribution in [-0.4, -0.2) is 30.9 Å². The summed E-state index contributed by atoms with van der Waals surface area (Å²) >= 11 is 0. The molecule has 1 aliphatic carbocycles. The predicted octanol–water partition coefficient (Wildman–Crippen LogP) is 7.63. The maximum atomic E-state index is 11.5. The number of carboxylic acids is 1. The van der Waals surface area contributed by atoms with Crippen LogP contribution in [0.1, 0.15) is 79.9 Å². The van der Waals surface area contributed by atoms with E-state index in [0.29, 0.717) is 5.75 Å². The molecular formula is C35H40O5. The Balaban J connectivity index is 1.57. The van der Waals surface area contributed by atoms with E-state index < -0.39 is 12.6 Å². The molecule has 4 atom stereocenters. The van der Waals surface area contributed by atoms with Crippen molar-refractivity contribution in [3.63, 3.8) is 0 Å². The molecule has 40 heavy (non-hydrogen) atoms. The zero-order valence-corrected chi connectivity index (χ0v) is 24.0. The van der Waals surface area contributed by atoms with E-state index in [9.17, 15) is 9.90 Å². The normalized spacial score (nSPS) is 22.4. The van der Waals surface area contributed by atoms with Crippen molar-refractivity contribution >= 4 is 5.97 Å². The smallest absolute Gasteiger partial charge is 0.341 e. The SMILES string of the molecule is C=C(C)[C@@H]1C[C@@H]2c3ccc(OC)cc3CCC[C@@H]2O[C@@H]1c1cc(C(C)(C)c2ccccc2)ccc1OCC(=O)O. The van der Waals surface area contributed by atoms with Crippen LogP contribution in [0.2, 0.25) is 0 Å². The van der Waals surface area contributed by atoms with E-state index in [-0.39, 0.29) is 29.5 Å². The first-order chi connectivity index (χ1) is 19.2. The van der Waals surface area contributed by atoms with Crippen molar-refractivity contribution < 1.29 is 24.1 Å². The average molecular weight is 541 g/mol. The number of fused-ring (bicyclic) bond motifs is 3. The monoisotopic (exact) mass is 540 g/mol. The molecule has 1 fully saturated rings. The molecule has 0 aromatic heterocycles. The molecule has 3 aromatic rings. The Bertz CT molecular complexity index is 1380. The molecule has 0 saturated carbocycles. The molecule has 0 amide bonds. The third-order valence-corrected chi connectivity index (χ3v) is 8.85. The first-order valence-electron chi connectivity index (χ1n) is 14.2. The quantitative estimate of drug-likeness (QED) is 0.298. The van der Waals surface area contributed by atoms with E-state index in [1.54, 1.807) is 7.11 Å². The highest BCUT2D eigenvalue weighted by Gasteiger charge is 2.42. The number of rotatable bonds is 8. The lowest BCUT2D eigenvalue weighted by atomic mass is 9.73. The molecule has 0 unspecified atom stereocenters. The second-order valence-corrected chi connectivity index (χ2v) is 11.8. The molecule has 210 valence electrons. The summed E-state index contributed by atoms with van der Waals surface area (Å²) in [7, 11) is 1.71. The number of aryl methyl sites for hydroxylation is 1. The Morgan fingerprint density at radius 3 is 2.52 bits per heavy atom. The van der Waals surface area contributed by atoms with Gasteiger partial charge in [0.1, 0.15) is 11.5 Å². The Morgan fingerprint density at radius 1 is 1.05 bits per heavy atom. The molecule has 5 nitrogen and oxygen atoms in total. The number of ether oxygens (including phenoxy) is 3. The first kappa shape index (κ1) is 28.0. The zero-order chi connectivity index (χ0) is 28.4. The molecule has 2 aliphatic rings. The van der Waals surface area contributed by atoms with E-state index in [1.165, 1.54) is 16.7 Å². The van der Waals surface area contributed by atoms with Gasteiger partial charge in [0.2, 0.25) is 0 Å². The summed E-state index contributed by atoms with van der Waals surface area (Å²) in [6.45, 7) is 10.5. The van der Waals surface area contributed by atoms with Gasteiger partial charge in [-0.15, -0.1) is 0 Å². The summed E-state index contributed by atoms with van der Waals surface area (Å²) < 4.78 is 18.4. The molecule has 1 N–H and O–H groups in total. The van der Waals surface area contributed by atoms with Gasteiger partial charge in [-0.05, 0) is 79.1 Å². The van der Waals surface area contributed by atoms with Gasteiger partial charge in [-0.3, -0.25) is 0 Å². The minimum absolute atomic E-state index is 0.0494. The maximum absolute atomic E-state index is 11.5. The van der Waals surface area contributed by atoms with Crippen LogP contribution in [-0.2, 0) is 21.4 Å². The van der Waals surface area contributed by atoms with Crippen molar-refractivity contribution in [2.75, 3.05) is 13.7 Å². The molecule has 0 spiro atoms. The summed E-state index contributed by atoms with van der Waals surface area (Å²) in [5, 5.41) is 9.39. The minimum atomic E-state index is -1.00. The average Bonchev–Trinajstić information content (AvgIpc) is 3.13. The largest absolute Gasteiger partial charge is 0.497 e. The molecule has 1 aliphatic heterocycles. The lowest BCUT2D eigenvalue weighted by Gasteiger charge is -2.43. The van der Waals surface area contributed by atoms with Crippen molar-refractivity contribution in [1.29, 1.82) is 0 Å². The molecule has 5 heteroatoms. The molecule has 3 aromatic carbocycles. The van der Waals surface area contributed by atoms with E-state index in [0.717, 1.165) is 48.1 Å². The third-order valence-electron chi connectivity index (χ3n) is 8.85. The van der Waals surface area contributed by atoms with Gasteiger partial charge in [-0.25, -0.2) is 4.79 Å². The summed E-state index contributed by atoms with van der Waals surface area (Å²) in [4.78, 5) is 11.5. The van der Waals surface area contributed by atoms with E-state index in [2.05, 4.69) is 75.9 Å². The van der Waals surface area contributed by atoms with Crippen LogP contribution in [0.4, 0.5) is 0 Å². The van der Waals surface area contributed by atoms with E-state index in [1.807, 2.05) is 18.2 Å². The molecular weight excluding hydrogens is 500 g/mol. The Labute approximate surface area is 237 Å². The van der Waals surface area contributed by atoms with Gasteiger partial charge >= 0.3 is 5.97 Å². The fourth-order valence-corrected chi connectivity index (χ4v) is 6.51. The predicted molar refractivity (Wildman–Crippen MR) is 157 cm³/mol. The van der Waals surface area contributed by atoms with Crippen molar-refractivity contribution in [3.8, 4) is 11.5 Å². The molecule has 1 heterocycles. The van der Waals surface area contributed by atoms with Crippen molar-refractivity contribution in [3.05, 3.63) is 107 Å². The van der Waals surface area contributed by atoms with Crippen LogP contribution >= 0.6 is 0 Å². The van der Waals surface area contributed by atoms with Gasteiger partial charge < -0.3 is 19.3 Å². The Morgan fingerprint density at radius 2 is 1.82 bits per heavy atom. The summed E-state index contributed by atoms with van der Waals surface area (Å²) in [6, 6.07) is 23.0. The standard InChI is InChI=1S/C35H40O5/c1-22(2)28-20-29-27-16-15-26(38-5)18-23(27)10-9-13-32(29)40-34(28)30-19-25(14-17-31(30)39-21-33(36)37)35(3,4)24-11-7-6-8-12-24/h6-8,11-12,14-19,28-29,32,34H,1,9-10,13,20-21H2,2-5H3,(H,36,37)/t28-,29+,32-,34-/m0/s1. The highest BCUT2D eigenvalue weighted by molar-refractivity contribution is 5.68. The van der Waals surface area contributed by atoms with Gasteiger partial charge in [0.05, 0.1) is 19.3 Å². The summed E-state index contributed by atoms with van der Waals surface area (Å²) in [5.41, 5.74) is 6.70. The van der Waals surface area contributed by atoms with Gasteiger partial charge in [0.25, 0.3) is 0 Å². The minimum Gasteiger partial charge on any atom is -0.497 e. The Kier molecular flexibility index (Phi) is 8.04. The number of hydrogen-bond acceptors (Lipinski definition) is 4. The number of methoxy groups -OCH3 is 1. The summed E-state index contributed by atoms with van der Waals surface area (Å²) in [5.74, 6) is 0.756. The second kappa shape index (κ2) is 11.5. The highest BCUT2D eigenvalue weighted by Crippen LogP contribution is 2.51. The zero-order valence-electron chi connectivity index (χ0n) is 24.0. The number of benzene rings is 3. The number of hydrogen-bond donors (Lipinski definition) is 1. The fraction of sp³-hybridized carbons (Fsp3) is 0.400. The van der Waals surface area contributed by atoms with Crippen LogP contribution in [0.15, 0.2) is 78.9 Å². The van der Waals surface area contributed by atoms with Crippen LogP contribution in [0, 0.1) is 5.92 Å². The molecule has 0 bridgehead atoms. The topological polar surface area (TPSA) is 65.0 Å². The maximum Gasteiger partial charge on any atom is 0.341 e. The number of carboxylic acid groups (broad SMARTS) is 1. The molecule has 5 rings (SSSR count). The van der Waals surface area contributed by atoms with Gasteiger partial charge in [-0.2, -0.15) is 0 Å². The second-order valence-electron chi connectivity index (χ2n) is 11.8. The van der Waals surface area contributed by atoms with Gasteiger partial charge in [0, 0.05) is 22.8 Å². The lowest BCUT2D eigenvalue weighted by Crippen LogP contribution is -2.36. The van der Waals surface area contributed by atoms with Crippen LogP contribution < -0.4 is 9.47 Å². The van der Waals surface area contributed by atoms with E-state index >= 15 is 0 Å². The van der Waals surface area contributed by atoms with Crippen LogP contribution in [0.25, 0.3) is 0 Å². The van der Waals surface area contributed by atoms with E-state index in [4.69, 9.17) is 14.2 Å². The number of aliphatic carboxylic acids is 1. The third kappa shape index (κ3) is 5.53. The number of carbonyl (C=O) groups is 1. The van der Waals surface area contributed by atoms with Gasteiger partial charge in [0.15, 0.2) is 6.61 Å². The van der Waals surface area contributed by atoms with Crippen LogP contribution in [0.3, 0.4) is 0 Å². The summed E-state index contributed by atoms with van der Waals surface area (Å²) in [6.07, 6.45) is 3.67. The van der Waals surface area contributed by atoms with Crippen molar-refractivity contribution in [1.82, 2.24) is 0 Å². The molecule has 0 radical (unpaired) electrons. The highest BCUT2D eigenvalue weighted by atomic mass is 16.5. The van der Waals surface area contributed by atoms with Crippen LogP contribution in [0.5, 0.6) is 11.5 Å². The van der Waals surface area contributed by atoms with Crippen molar-refractivity contribution in [2.24, 2.45) is 5.92 Å². The Hall–Kier alpha value is -3.57. The lowest BCUT2D eigenvalue weighted by molar-refractivity contribution is -0.139. The fourth-order valence-electron chi connectivity index (χ4n) is 6.51.